The Bertz CT molecular complexity index is 339. The Kier molecular flexibility index (Phi) is 13.3. The lowest BCUT2D eigenvalue weighted by molar-refractivity contribution is -0.145. The van der Waals surface area contributed by atoms with Crippen LogP contribution in [-0.4, -0.2) is 44.0 Å². The van der Waals surface area contributed by atoms with E-state index < -0.39 is 11.7 Å². The lowest BCUT2D eigenvalue weighted by Crippen LogP contribution is -2.34. The summed E-state index contributed by atoms with van der Waals surface area (Å²) in [4.78, 5) is 22.9. The number of ether oxygens (including phenoxy) is 3. The number of carbonyl (C=O) groups excluding carboxylic acids is 2. The summed E-state index contributed by atoms with van der Waals surface area (Å²) in [6.45, 7) is 8.91. The van der Waals surface area contributed by atoms with Crippen molar-refractivity contribution in [1.82, 2.24) is 5.32 Å². The van der Waals surface area contributed by atoms with Crippen LogP contribution in [0.25, 0.3) is 0 Å². The fourth-order valence-corrected chi connectivity index (χ4v) is 1.98. The molecule has 0 aliphatic rings. The van der Waals surface area contributed by atoms with Crippen molar-refractivity contribution in [2.45, 2.75) is 78.2 Å². The Labute approximate surface area is 146 Å². The number of amides is 1. The molecule has 0 radical (unpaired) electrons. The summed E-state index contributed by atoms with van der Waals surface area (Å²) in [5.74, 6) is -0.166. The van der Waals surface area contributed by atoms with Crippen molar-refractivity contribution >= 4 is 12.1 Å². The summed E-state index contributed by atoms with van der Waals surface area (Å²) in [5, 5.41) is 2.59. The van der Waals surface area contributed by atoms with Crippen molar-refractivity contribution in [2.24, 2.45) is 0 Å². The first kappa shape index (κ1) is 22.7. The highest BCUT2D eigenvalue weighted by atomic mass is 16.6. The van der Waals surface area contributed by atoms with Crippen LogP contribution in [0.3, 0.4) is 0 Å². The number of nitrogens with one attached hydrogen (secondary N) is 1. The van der Waals surface area contributed by atoms with Gasteiger partial charge >= 0.3 is 12.1 Å². The van der Waals surface area contributed by atoms with E-state index in [0.29, 0.717) is 26.2 Å². The summed E-state index contributed by atoms with van der Waals surface area (Å²) in [6, 6.07) is 0. The number of alkyl carbamates (subject to hydrolysis) is 1. The fourth-order valence-electron chi connectivity index (χ4n) is 1.98. The van der Waals surface area contributed by atoms with Crippen LogP contribution in [0.15, 0.2) is 0 Å². The molecule has 0 saturated carbocycles. The zero-order valence-electron chi connectivity index (χ0n) is 15.8. The first-order valence-corrected chi connectivity index (χ1v) is 9.05. The molecule has 0 aromatic carbocycles. The van der Waals surface area contributed by atoms with E-state index in [1.165, 1.54) is 25.7 Å². The standard InChI is InChI=1S/C18H35NO5/c1-5-6-7-8-9-10-11-16(20)23-15-14-22-13-12-19-17(21)24-18(2,3)4/h5-15H2,1-4H3,(H,19,21). The SMILES string of the molecule is CCCCCCCCC(=O)OCCOCCNC(=O)OC(C)(C)C. The Balaban J connectivity index is 3.34. The van der Waals surface area contributed by atoms with Gasteiger partial charge in [0.25, 0.3) is 0 Å². The van der Waals surface area contributed by atoms with Gasteiger partial charge in [-0.15, -0.1) is 0 Å². The second-order valence-corrected chi connectivity index (χ2v) is 6.78. The number of esters is 1. The van der Waals surface area contributed by atoms with Gasteiger partial charge in [0.1, 0.15) is 12.2 Å². The highest BCUT2D eigenvalue weighted by Crippen LogP contribution is 2.07. The van der Waals surface area contributed by atoms with Gasteiger partial charge in [-0.3, -0.25) is 4.79 Å². The van der Waals surface area contributed by atoms with Crippen LogP contribution in [0.1, 0.15) is 72.6 Å². The molecule has 0 aliphatic carbocycles. The summed E-state index contributed by atoms with van der Waals surface area (Å²) in [7, 11) is 0. The smallest absolute Gasteiger partial charge is 0.407 e. The molecule has 0 bridgehead atoms. The third-order valence-corrected chi connectivity index (χ3v) is 3.14. The first-order chi connectivity index (χ1) is 11.3. The van der Waals surface area contributed by atoms with Crippen molar-refractivity contribution in [3.63, 3.8) is 0 Å². The zero-order valence-corrected chi connectivity index (χ0v) is 15.8. The molecule has 1 amide bonds. The van der Waals surface area contributed by atoms with E-state index in [9.17, 15) is 9.59 Å². The predicted octanol–water partition coefficient (Wildman–Crippen LogP) is 3.82. The third kappa shape index (κ3) is 17.1. The van der Waals surface area contributed by atoms with Gasteiger partial charge in [-0.25, -0.2) is 4.79 Å². The van der Waals surface area contributed by atoms with Gasteiger partial charge < -0.3 is 19.5 Å². The largest absolute Gasteiger partial charge is 0.463 e. The van der Waals surface area contributed by atoms with Crippen molar-refractivity contribution in [1.29, 1.82) is 0 Å². The second kappa shape index (κ2) is 14.1. The van der Waals surface area contributed by atoms with Crippen molar-refractivity contribution in [3.05, 3.63) is 0 Å². The number of unbranched alkanes of at least 4 members (excludes halogenated alkanes) is 5. The van der Waals surface area contributed by atoms with Crippen LogP contribution in [0.5, 0.6) is 0 Å². The third-order valence-electron chi connectivity index (χ3n) is 3.14. The van der Waals surface area contributed by atoms with Crippen molar-refractivity contribution in [3.8, 4) is 0 Å². The van der Waals surface area contributed by atoms with Crippen LogP contribution >= 0.6 is 0 Å². The van der Waals surface area contributed by atoms with Gasteiger partial charge in [-0.2, -0.15) is 0 Å². The minimum Gasteiger partial charge on any atom is -0.463 e. The maximum Gasteiger partial charge on any atom is 0.407 e. The van der Waals surface area contributed by atoms with Gasteiger partial charge in [-0.1, -0.05) is 39.0 Å². The minimum atomic E-state index is -0.505. The Hall–Kier alpha value is -1.30. The molecule has 0 saturated heterocycles. The molecule has 0 heterocycles. The normalized spacial score (nSPS) is 11.2. The van der Waals surface area contributed by atoms with E-state index in [1.807, 2.05) is 20.8 Å². The van der Waals surface area contributed by atoms with E-state index in [1.54, 1.807) is 0 Å². The van der Waals surface area contributed by atoms with Crippen LogP contribution in [0, 0.1) is 0 Å². The molecule has 6 nitrogen and oxygen atoms in total. The van der Waals surface area contributed by atoms with Crippen molar-refractivity contribution in [2.75, 3.05) is 26.4 Å². The van der Waals surface area contributed by atoms with Gasteiger partial charge in [0.05, 0.1) is 13.2 Å². The first-order valence-electron chi connectivity index (χ1n) is 9.05. The molecule has 0 fully saturated rings. The highest BCUT2D eigenvalue weighted by Gasteiger charge is 2.15. The summed E-state index contributed by atoms with van der Waals surface area (Å²) in [5.41, 5.74) is -0.505. The molecule has 0 rings (SSSR count). The zero-order chi connectivity index (χ0) is 18.3. The average molecular weight is 345 g/mol. The number of rotatable bonds is 13. The van der Waals surface area contributed by atoms with Crippen LogP contribution in [0.4, 0.5) is 4.79 Å². The molecule has 0 aliphatic heterocycles. The van der Waals surface area contributed by atoms with Crippen LogP contribution < -0.4 is 5.32 Å². The summed E-state index contributed by atoms with van der Waals surface area (Å²) >= 11 is 0. The Morgan fingerprint density at radius 3 is 2.25 bits per heavy atom. The molecule has 142 valence electrons. The average Bonchev–Trinajstić information content (AvgIpc) is 2.48. The topological polar surface area (TPSA) is 73.9 Å². The fraction of sp³-hybridized carbons (Fsp3) is 0.889. The number of hydrogen-bond acceptors (Lipinski definition) is 5. The summed E-state index contributed by atoms with van der Waals surface area (Å²) < 4.78 is 15.5. The molecule has 1 N–H and O–H groups in total. The van der Waals surface area contributed by atoms with E-state index in [0.717, 1.165) is 12.8 Å². The van der Waals surface area contributed by atoms with E-state index in [-0.39, 0.29) is 12.6 Å². The molecule has 0 aromatic heterocycles. The second-order valence-electron chi connectivity index (χ2n) is 6.78. The molecule has 0 spiro atoms. The predicted molar refractivity (Wildman–Crippen MR) is 94.0 cm³/mol. The number of hydrogen-bond donors (Lipinski definition) is 1. The van der Waals surface area contributed by atoms with E-state index in [4.69, 9.17) is 14.2 Å². The molecular weight excluding hydrogens is 310 g/mol. The van der Waals surface area contributed by atoms with Crippen LogP contribution in [-0.2, 0) is 19.0 Å². The highest BCUT2D eigenvalue weighted by molar-refractivity contribution is 5.69. The monoisotopic (exact) mass is 345 g/mol. The molecule has 0 unspecified atom stereocenters. The van der Waals surface area contributed by atoms with Gasteiger partial charge in [-0.05, 0) is 27.2 Å². The van der Waals surface area contributed by atoms with Gasteiger partial charge in [0, 0.05) is 13.0 Å². The minimum absolute atomic E-state index is 0.166. The summed E-state index contributed by atoms with van der Waals surface area (Å²) in [6.07, 6.45) is 6.93. The van der Waals surface area contributed by atoms with Crippen molar-refractivity contribution < 1.29 is 23.8 Å². The molecule has 0 atom stereocenters. The lowest BCUT2D eigenvalue weighted by Gasteiger charge is -2.19. The maximum atomic E-state index is 11.5. The molecule has 0 aromatic rings. The van der Waals surface area contributed by atoms with E-state index in [2.05, 4.69) is 12.2 Å². The lowest BCUT2D eigenvalue weighted by atomic mass is 10.1. The Morgan fingerprint density at radius 2 is 1.58 bits per heavy atom. The molecular formula is C18H35NO5. The van der Waals surface area contributed by atoms with Gasteiger partial charge in [0.2, 0.25) is 0 Å². The molecule has 24 heavy (non-hydrogen) atoms. The van der Waals surface area contributed by atoms with E-state index >= 15 is 0 Å². The molecule has 6 heteroatoms. The maximum absolute atomic E-state index is 11.5. The Morgan fingerprint density at radius 1 is 0.917 bits per heavy atom. The van der Waals surface area contributed by atoms with Gasteiger partial charge in [0.15, 0.2) is 0 Å². The number of carbonyl (C=O) groups is 2. The quantitative estimate of drug-likeness (QED) is 0.406. The van der Waals surface area contributed by atoms with Crippen LogP contribution in [0.2, 0.25) is 0 Å².